The van der Waals surface area contributed by atoms with Gasteiger partial charge in [-0.25, -0.2) is 4.98 Å². The Morgan fingerprint density at radius 1 is 0.880 bits per heavy atom. The van der Waals surface area contributed by atoms with Gasteiger partial charge in [-0.05, 0) is 60.3 Å². The van der Waals surface area contributed by atoms with E-state index in [-0.39, 0.29) is 11.5 Å². The van der Waals surface area contributed by atoms with Crippen molar-refractivity contribution in [3.05, 3.63) is 63.7 Å². The van der Waals surface area contributed by atoms with Crippen LogP contribution in [-0.2, 0) is 0 Å². The summed E-state index contributed by atoms with van der Waals surface area (Å²) in [5.74, 6) is -0.395. The van der Waals surface area contributed by atoms with Gasteiger partial charge < -0.3 is 10.2 Å². The van der Waals surface area contributed by atoms with Gasteiger partial charge in [0.25, 0.3) is 0 Å². The molecule has 0 aliphatic carbocycles. The lowest BCUT2D eigenvalue weighted by Gasteiger charge is -2.07. The molecule has 0 saturated carbocycles. The Morgan fingerprint density at radius 2 is 1.64 bits per heavy atom. The minimum atomic E-state index is -0.202. The largest absolute Gasteiger partial charge is 0.503 e. The number of fused-ring (bicyclic) bond motifs is 1. The highest BCUT2D eigenvalue weighted by molar-refractivity contribution is 9.11. The summed E-state index contributed by atoms with van der Waals surface area (Å²) in [6, 6.07) is 16.3. The topological polar surface area (TPSA) is 53.4 Å². The van der Waals surface area contributed by atoms with Gasteiger partial charge in [0.05, 0.1) is 13.8 Å². The van der Waals surface area contributed by atoms with E-state index in [9.17, 15) is 10.2 Å². The number of thiazole rings is 1. The Bertz CT molecular complexity index is 1110. The van der Waals surface area contributed by atoms with Crippen LogP contribution in [0.25, 0.3) is 31.8 Å². The number of rotatable bonds is 2. The number of phenolic OH excluding ortho intramolecular Hbond substituents is 2. The predicted molar refractivity (Wildman–Crippen MR) is 109 cm³/mol. The average molecular weight is 477 g/mol. The van der Waals surface area contributed by atoms with Crippen LogP contribution in [0.2, 0.25) is 0 Å². The Balaban J connectivity index is 1.80. The molecule has 1 aromatic heterocycles. The molecule has 6 heteroatoms. The maximum atomic E-state index is 10.0. The molecule has 0 fully saturated rings. The molecule has 1 heterocycles. The van der Waals surface area contributed by atoms with Crippen LogP contribution in [0.1, 0.15) is 0 Å². The summed E-state index contributed by atoms with van der Waals surface area (Å²) < 4.78 is 0.846. The van der Waals surface area contributed by atoms with Crippen molar-refractivity contribution in [2.45, 2.75) is 0 Å². The minimum absolute atomic E-state index is 0.193. The van der Waals surface area contributed by atoms with Gasteiger partial charge in [-0.15, -0.1) is 11.3 Å². The van der Waals surface area contributed by atoms with E-state index < -0.39 is 0 Å². The summed E-state index contributed by atoms with van der Waals surface area (Å²) in [4.78, 5) is 5.53. The number of halogens is 2. The normalized spacial score (nSPS) is 11.1. The van der Waals surface area contributed by atoms with Crippen molar-refractivity contribution < 1.29 is 10.2 Å². The molecule has 124 valence electrons. The molecular weight excluding hydrogens is 466 g/mol. The smallest absolute Gasteiger partial charge is 0.173 e. The molecule has 0 unspecified atom stereocenters. The summed E-state index contributed by atoms with van der Waals surface area (Å²) in [6.07, 6.45) is 1.83. The van der Waals surface area contributed by atoms with Crippen LogP contribution in [0, 0.1) is 0 Å². The Kier molecular flexibility index (Phi) is 4.27. The SMILES string of the molecule is Oc1c(Br)cc(-c2ncc(-c3ccc4ccccc4c3)s2)c(Br)c1O. The summed E-state index contributed by atoms with van der Waals surface area (Å²) in [6.45, 7) is 0. The first-order valence-electron chi connectivity index (χ1n) is 7.40. The lowest BCUT2D eigenvalue weighted by atomic mass is 10.1. The van der Waals surface area contributed by atoms with Crippen molar-refractivity contribution in [2.75, 3.05) is 0 Å². The van der Waals surface area contributed by atoms with Crippen LogP contribution >= 0.6 is 43.2 Å². The van der Waals surface area contributed by atoms with Crippen LogP contribution in [0.3, 0.4) is 0 Å². The van der Waals surface area contributed by atoms with Crippen molar-refractivity contribution in [3.8, 4) is 32.5 Å². The first kappa shape index (κ1) is 16.6. The zero-order valence-electron chi connectivity index (χ0n) is 12.7. The predicted octanol–water partition coefficient (Wildman–Crippen LogP) is 6.57. The van der Waals surface area contributed by atoms with Crippen molar-refractivity contribution in [2.24, 2.45) is 0 Å². The molecule has 0 atom stereocenters. The Morgan fingerprint density at radius 3 is 2.44 bits per heavy atom. The fourth-order valence-corrected chi connectivity index (χ4v) is 4.61. The number of aromatic hydroxyl groups is 2. The molecule has 0 radical (unpaired) electrons. The average Bonchev–Trinajstić information content (AvgIpc) is 3.12. The van der Waals surface area contributed by atoms with E-state index in [1.807, 2.05) is 18.3 Å². The van der Waals surface area contributed by atoms with Crippen molar-refractivity contribution in [1.29, 1.82) is 0 Å². The van der Waals surface area contributed by atoms with Crippen LogP contribution < -0.4 is 0 Å². The van der Waals surface area contributed by atoms with Crippen molar-refractivity contribution in [3.63, 3.8) is 0 Å². The lowest BCUT2D eigenvalue weighted by molar-refractivity contribution is 0.399. The van der Waals surface area contributed by atoms with Gasteiger partial charge in [-0.1, -0.05) is 36.4 Å². The summed E-state index contributed by atoms with van der Waals surface area (Å²) in [5, 5.41) is 23.0. The van der Waals surface area contributed by atoms with E-state index in [1.165, 1.54) is 22.1 Å². The molecule has 3 aromatic carbocycles. The third-order valence-corrected chi connectivity index (χ3v) is 6.42. The second-order valence-electron chi connectivity index (χ2n) is 5.51. The fraction of sp³-hybridized carbons (Fsp3) is 0. The van der Waals surface area contributed by atoms with Gasteiger partial charge in [0, 0.05) is 11.8 Å². The maximum Gasteiger partial charge on any atom is 0.173 e. The van der Waals surface area contributed by atoms with Crippen molar-refractivity contribution >= 4 is 54.0 Å². The van der Waals surface area contributed by atoms with Gasteiger partial charge >= 0.3 is 0 Å². The van der Waals surface area contributed by atoms with Crippen LogP contribution in [0.4, 0.5) is 0 Å². The zero-order chi connectivity index (χ0) is 17.6. The molecule has 0 aliphatic heterocycles. The van der Waals surface area contributed by atoms with E-state index in [4.69, 9.17) is 0 Å². The molecule has 4 rings (SSSR count). The zero-order valence-corrected chi connectivity index (χ0v) is 16.7. The lowest BCUT2D eigenvalue weighted by Crippen LogP contribution is -1.82. The highest BCUT2D eigenvalue weighted by atomic mass is 79.9. The number of hydrogen-bond acceptors (Lipinski definition) is 4. The highest BCUT2D eigenvalue weighted by Gasteiger charge is 2.18. The minimum Gasteiger partial charge on any atom is -0.503 e. The molecule has 0 amide bonds. The molecule has 25 heavy (non-hydrogen) atoms. The first-order valence-corrected chi connectivity index (χ1v) is 9.80. The molecule has 3 nitrogen and oxygen atoms in total. The number of aromatic nitrogens is 1. The Hall–Kier alpha value is -1.89. The van der Waals surface area contributed by atoms with Gasteiger partial charge in [-0.2, -0.15) is 0 Å². The second-order valence-corrected chi connectivity index (χ2v) is 8.19. The van der Waals surface area contributed by atoms with Gasteiger partial charge in [-0.3, -0.25) is 0 Å². The monoisotopic (exact) mass is 475 g/mol. The van der Waals surface area contributed by atoms with E-state index in [1.54, 1.807) is 6.07 Å². The summed E-state index contributed by atoms with van der Waals surface area (Å²) in [7, 11) is 0. The second kappa shape index (κ2) is 6.44. The third kappa shape index (κ3) is 2.94. The van der Waals surface area contributed by atoms with E-state index >= 15 is 0 Å². The Labute approximate surface area is 164 Å². The maximum absolute atomic E-state index is 10.0. The third-order valence-electron chi connectivity index (χ3n) is 3.94. The number of nitrogens with zero attached hydrogens (tertiary/aromatic N) is 1. The summed E-state index contributed by atoms with van der Waals surface area (Å²) in [5.41, 5.74) is 1.82. The summed E-state index contributed by atoms with van der Waals surface area (Å²) >= 11 is 8.12. The molecule has 2 N–H and O–H groups in total. The number of benzene rings is 3. The fourth-order valence-electron chi connectivity index (χ4n) is 2.63. The van der Waals surface area contributed by atoms with Crippen LogP contribution in [0.15, 0.2) is 63.7 Å². The highest BCUT2D eigenvalue weighted by Crippen LogP contribution is 2.46. The molecular formula is C19H11Br2NO2S. The van der Waals surface area contributed by atoms with Gasteiger partial charge in [0.15, 0.2) is 11.5 Å². The quantitative estimate of drug-likeness (QED) is 0.322. The molecule has 0 aliphatic rings. The standard InChI is InChI=1S/C19H11Br2NO2S/c20-14-8-13(16(21)18(24)17(14)23)19-22-9-15(25-19)12-6-5-10-3-1-2-4-11(10)7-12/h1-9,23-24H. The van der Waals surface area contributed by atoms with Gasteiger partial charge in [0.1, 0.15) is 5.01 Å². The van der Waals surface area contributed by atoms with Gasteiger partial charge in [0.2, 0.25) is 0 Å². The van der Waals surface area contributed by atoms with E-state index in [0.29, 0.717) is 8.95 Å². The van der Waals surface area contributed by atoms with E-state index in [0.717, 1.165) is 21.0 Å². The first-order chi connectivity index (χ1) is 12.0. The number of hydrogen-bond donors (Lipinski definition) is 2. The molecule has 4 aromatic rings. The van der Waals surface area contributed by atoms with Crippen LogP contribution in [-0.4, -0.2) is 15.2 Å². The molecule has 0 bridgehead atoms. The molecule has 0 saturated heterocycles. The molecule has 0 spiro atoms. The van der Waals surface area contributed by atoms with Crippen LogP contribution in [0.5, 0.6) is 11.5 Å². The van der Waals surface area contributed by atoms with Crippen molar-refractivity contribution in [1.82, 2.24) is 4.98 Å². The van der Waals surface area contributed by atoms with E-state index in [2.05, 4.69) is 67.2 Å². The number of phenols is 2.